The predicted octanol–water partition coefficient (Wildman–Crippen LogP) is 3.03. The first-order chi connectivity index (χ1) is 13.9. The average Bonchev–Trinajstić information content (AvgIpc) is 2.71. The molecule has 9 heteroatoms. The van der Waals surface area contributed by atoms with Gasteiger partial charge in [0.05, 0.1) is 32.0 Å². The Morgan fingerprint density at radius 2 is 1.59 bits per heavy atom. The number of methoxy groups -OCH3 is 3. The lowest BCUT2D eigenvalue weighted by molar-refractivity contribution is -0.122. The molecule has 1 aliphatic heterocycles. The number of urea groups is 1. The fraction of sp³-hybridized carbons (Fsp3) is 0.150. The number of rotatable bonds is 5. The van der Waals surface area contributed by atoms with Crippen LogP contribution in [0.15, 0.2) is 42.0 Å². The van der Waals surface area contributed by atoms with Gasteiger partial charge in [-0.15, -0.1) is 0 Å². The van der Waals surface area contributed by atoms with Crippen LogP contribution in [0, 0.1) is 0 Å². The summed E-state index contributed by atoms with van der Waals surface area (Å²) in [5.41, 5.74) is 0.336. The van der Waals surface area contributed by atoms with Gasteiger partial charge in [-0.05, 0) is 12.1 Å². The molecule has 0 spiro atoms. The summed E-state index contributed by atoms with van der Waals surface area (Å²) in [7, 11) is 4.23. The standard InChI is InChI=1S/C20H17ClN2O6/c1-27-15-7-5-4-6-11(15)8-12-18(24)22-20(26)23(19(12)25)14-10-16(28-2)13(21)9-17(14)29-3/h4-10H,1-3H3,(H,22,24,26)/b12-8+. The molecule has 0 aliphatic carbocycles. The third kappa shape index (κ3) is 3.74. The maximum atomic E-state index is 13.1. The molecule has 2 aromatic carbocycles. The van der Waals surface area contributed by atoms with E-state index in [2.05, 4.69) is 5.32 Å². The van der Waals surface area contributed by atoms with E-state index in [0.29, 0.717) is 11.3 Å². The number of nitrogens with one attached hydrogen (secondary N) is 1. The molecule has 0 aromatic heterocycles. The van der Waals surface area contributed by atoms with Crippen LogP contribution < -0.4 is 24.4 Å². The van der Waals surface area contributed by atoms with Crippen molar-refractivity contribution < 1.29 is 28.6 Å². The molecule has 1 aliphatic rings. The van der Waals surface area contributed by atoms with Crippen molar-refractivity contribution in [2.75, 3.05) is 26.2 Å². The second-order valence-electron chi connectivity index (χ2n) is 5.86. The van der Waals surface area contributed by atoms with Gasteiger partial charge >= 0.3 is 6.03 Å². The van der Waals surface area contributed by atoms with Crippen LogP contribution in [0.1, 0.15) is 5.56 Å². The zero-order chi connectivity index (χ0) is 21.1. The fourth-order valence-corrected chi connectivity index (χ4v) is 3.07. The largest absolute Gasteiger partial charge is 0.496 e. The molecular weight excluding hydrogens is 400 g/mol. The Balaban J connectivity index is 2.12. The number of carbonyl (C=O) groups excluding carboxylic acids is 3. The van der Waals surface area contributed by atoms with Gasteiger partial charge in [-0.3, -0.25) is 14.9 Å². The van der Waals surface area contributed by atoms with Gasteiger partial charge in [0.2, 0.25) is 0 Å². The van der Waals surface area contributed by atoms with Crippen LogP contribution in [0.3, 0.4) is 0 Å². The van der Waals surface area contributed by atoms with E-state index in [0.717, 1.165) is 4.90 Å². The summed E-state index contributed by atoms with van der Waals surface area (Å²) in [6.07, 6.45) is 1.36. The Morgan fingerprint density at radius 3 is 2.24 bits per heavy atom. The molecule has 29 heavy (non-hydrogen) atoms. The van der Waals surface area contributed by atoms with E-state index in [-0.39, 0.29) is 27.8 Å². The summed E-state index contributed by atoms with van der Waals surface area (Å²) in [6, 6.07) is 8.73. The van der Waals surface area contributed by atoms with Crippen molar-refractivity contribution in [3.63, 3.8) is 0 Å². The quantitative estimate of drug-likeness (QED) is 0.594. The average molecular weight is 417 g/mol. The fourth-order valence-electron chi connectivity index (χ4n) is 2.84. The summed E-state index contributed by atoms with van der Waals surface area (Å²) in [5.74, 6) is -0.787. The third-order valence-corrected chi connectivity index (χ3v) is 4.53. The monoisotopic (exact) mass is 416 g/mol. The number of ether oxygens (including phenoxy) is 3. The number of halogens is 1. The van der Waals surface area contributed by atoms with E-state index in [9.17, 15) is 14.4 Å². The highest BCUT2D eigenvalue weighted by molar-refractivity contribution is 6.39. The number of hydrogen-bond donors (Lipinski definition) is 1. The maximum absolute atomic E-state index is 13.1. The molecule has 1 N–H and O–H groups in total. The van der Waals surface area contributed by atoms with Gasteiger partial charge in [0, 0.05) is 17.7 Å². The molecule has 150 valence electrons. The number of carbonyl (C=O) groups is 3. The first-order valence-electron chi connectivity index (χ1n) is 8.37. The van der Waals surface area contributed by atoms with Crippen molar-refractivity contribution in [3.8, 4) is 17.2 Å². The number of hydrogen-bond acceptors (Lipinski definition) is 6. The second-order valence-corrected chi connectivity index (χ2v) is 6.27. The van der Waals surface area contributed by atoms with Gasteiger partial charge in [0.25, 0.3) is 11.8 Å². The third-order valence-electron chi connectivity index (χ3n) is 4.23. The SMILES string of the molecule is COc1cc(N2C(=O)NC(=O)/C(=C\c3ccccc3OC)C2=O)c(OC)cc1Cl. The van der Waals surface area contributed by atoms with E-state index in [1.165, 1.54) is 39.5 Å². The number of nitrogens with zero attached hydrogens (tertiary/aromatic N) is 1. The lowest BCUT2D eigenvalue weighted by Gasteiger charge is -2.28. The van der Waals surface area contributed by atoms with Crippen LogP contribution in [-0.4, -0.2) is 39.2 Å². The molecule has 0 atom stereocenters. The van der Waals surface area contributed by atoms with Crippen LogP contribution in [0.4, 0.5) is 10.5 Å². The topological polar surface area (TPSA) is 94.2 Å². The summed E-state index contributed by atoms with van der Waals surface area (Å²) >= 11 is 6.10. The summed E-state index contributed by atoms with van der Waals surface area (Å²) < 4.78 is 15.7. The molecule has 1 heterocycles. The van der Waals surface area contributed by atoms with Crippen molar-refractivity contribution in [2.45, 2.75) is 0 Å². The highest BCUT2D eigenvalue weighted by Crippen LogP contribution is 2.39. The molecule has 1 fully saturated rings. The highest BCUT2D eigenvalue weighted by atomic mass is 35.5. The number of amides is 4. The minimum Gasteiger partial charge on any atom is -0.496 e. The van der Waals surface area contributed by atoms with Gasteiger partial charge in [-0.25, -0.2) is 9.69 Å². The van der Waals surface area contributed by atoms with Gasteiger partial charge in [0.1, 0.15) is 22.8 Å². The molecule has 3 rings (SSSR count). The smallest absolute Gasteiger partial charge is 0.336 e. The second kappa shape index (κ2) is 8.24. The van der Waals surface area contributed by atoms with E-state index >= 15 is 0 Å². The van der Waals surface area contributed by atoms with Crippen molar-refractivity contribution in [1.29, 1.82) is 0 Å². The number of benzene rings is 2. The maximum Gasteiger partial charge on any atom is 0.336 e. The Bertz CT molecular complexity index is 1030. The van der Waals surface area contributed by atoms with Crippen LogP contribution in [0.25, 0.3) is 6.08 Å². The summed E-state index contributed by atoms with van der Waals surface area (Å²) in [6.45, 7) is 0. The number of imide groups is 2. The van der Waals surface area contributed by atoms with E-state index in [1.54, 1.807) is 24.3 Å². The van der Waals surface area contributed by atoms with Crippen molar-refractivity contribution in [1.82, 2.24) is 5.32 Å². The molecular formula is C20H17ClN2O6. The lowest BCUT2D eigenvalue weighted by Crippen LogP contribution is -2.54. The Hall–Kier alpha value is -3.52. The minimum atomic E-state index is -0.917. The zero-order valence-electron chi connectivity index (χ0n) is 15.8. The van der Waals surface area contributed by atoms with Crippen molar-refractivity contribution in [3.05, 3.63) is 52.6 Å². The van der Waals surface area contributed by atoms with E-state index in [4.69, 9.17) is 25.8 Å². The summed E-state index contributed by atoms with van der Waals surface area (Å²) in [4.78, 5) is 38.7. The van der Waals surface area contributed by atoms with Gasteiger partial charge in [0.15, 0.2) is 0 Å². The van der Waals surface area contributed by atoms with Crippen LogP contribution in [-0.2, 0) is 9.59 Å². The first kappa shape index (κ1) is 20.2. The van der Waals surface area contributed by atoms with Crippen LogP contribution in [0.2, 0.25) is 5.02 Å². The normalized spacial score (nSPS) is 15.4. The molecule has 0 unspecified atom stereocenters. The van der Waals surface area contributed by atoms with Crippen molar-refractivity contribution in [2.24, 2.45) is 0 Å². The molecule has 4 amide bonds. The molecule has 1 saturated heterocycles. The van der Waals surface area contributed by atoms with Gasteiger partial charge in [-0.2, -0.15) is 0 Å². The van der Waals surface area contributed by atoms with Crippen LogP contribution in [0.5, 0.6) is 17.2 Å². The Labute approximate surface area is 171 Å². The minimum absolute atomic E-state index is 0.0784. The van der Waals surface area contributed by atoms with Gasteiger partial charge in [-0.1, -0.05) is 29.8 Å². The van der Waals surface area contributed by atoms with Crippen LogP contribution >= 0.6 is 11.6 Å². The number of anilines is 1. The number of para-hydroxylation sites is 1. The molecule has 0 bridgehead atoms. The van der Waals surface area contributed by atoms with E-state index < -0.39 is 17.8 Å². The molecule has 0 saturated carbocycles. The van der Waals surface area contributed by atoms with E-state index in [1.807, 2.05) is 0 Å². The summed E-state index contributed by atoms with van der Waals surface area (Å²) in [5, 5.41) is 2.39. The molecule has 8 nitrogen and oxygen atoms in total. The molecule has 2 aromatic rings. The predicted molar refractivity (Wildman–Crippen MR) is 107 cm³/mol. The molecule has 0 radical (unpaired) electrons. The zero-order valence-corrected chi connectivity index (χ0v) is 16.6. The lowest BCUT2D eigenvalue weighted by atomic mass is 10.1. The number of barbiturate groups is 1. The van der Waals surface area contributed by atoms with Gasteiger partial charge < -0.3 is 14.2 Å². The highest BCUT2D eigenvalue weighted by Gasteiger charge is 2.38. The van der Waals surface area contributed by atoms with Crippen molar-refractivity contribution >= 4 is 41.2 Å². The first-order valence-corrected chi connectivity index (χ1v) is 8.75. The Morgan fingerprint density at radius 1 is 0.931 bits per heavy atom. The Kier molecular flexibility index (Phi) is 5.74.